The molecule has 0 radical (unpaired) electrons. The number of aliphatic hydroxyl groups excluding tert-OH is 2. The number of carbonyl (C=O) groups excluding carboxylic acids is 5. The molecule has 1 saturated heterocycles. The number of aliphatic hydroxyl groups is 3. The van der Waals surface area contributed by atoms with Crippen LogP contribution in [0.4, 0.5) is 4.79 Å². The third-order valence-corrected chi connectivity index (χ3v) is 12.9. The summed E-state index contributed by atoms with van der Waals surface area (Å²) in [6, 6.07) is 14.9. The topological polar surface area (TPSA) is 213 Å². The maximum absolute atomic E-state index is 15.3. The molecule has 60 heavy (non-hydrogen) atoms. The monoisotopic (exact) mass is 835 g/mol. The van der Waals surface area contributed by atoms with Crippen LogP contribution in [-0.2, 0) is 42.8 Å². The lowest BCUT2D eigenvalue weighted by molar-refractivity contribution is -0.348. The van der Waals surface area contributed by atoms with E-state index in [2.05, 4.69) is 5.32 Å². The van der Waals surface area contributed by atoms with Gasteiger partial charge >= 0.3 is 24.0 Å². The molecule has 2 saturated carbocycles. The molecule has 15 heteroatoms. The van der Waals surface area contributed by atoms with Gasteiger partial charge in [0.2, 0.25) is 0 Å². The van der Waals surface area contributed by atoms with E-state index in [1.54, 1.807) is 104 Å². The van der Waals surface area contributed by atoms with Crippen LogP contribution in [0.1, 0.15) is 97.1 Å². The number of nitrogens with one attached hydrogen (secondary N) is 1. The molecule has 0 aromatic heterocycles. The maximum Gasteiger partial charge on any atom is 0.408 e. The van der Waals surface area contributed by atoms with Crippen molar-refractivity contribution in [3.8, 4) is 0 Å². The first-order valence-corrected chi connectivity index (χ1v) is 20.3. The molecule has 1 aliphatic heterocycles. The molecule has 1 heterocycles. The quantitative estimate of drug-likeness (QED) is 0.149. The van der Waals surface area contributed by atoms with Crippen molar-refractivity contribution in [2.24, 2.45) is 16.7 Å². The number of ketones is 1. The van der Waals surface area contributed by atoms with Crippen LogP contribution in [0, 0.1) is 16.7 Å². The summed E-state index contributed by atoms with van der Waals surface area (Å²) in [6.07, 6.45) is -10.3. The number of ether oxygens (including phenoxy) is 6. The Morgan fingerprint density at radius 3 is 2.15 bits per heavy atom. The van der Waals surface area contributed by atoms with E-state index in [1.807, 2.05) is 0 Å². The van der Waals surface area contributed by atoms with Crippen LogP contribution in [0.25, 0.3) is 0 Å². The predicted molar refractivity (Wildman–Crippen MR) is 213 cm³/mol. The molecule has 6 rings (SSSR count). The predicted octanol–water partition coefficient (Wildman–Crippen LogP) is 4.30. The molecule has 2 aromatic carbocycles. The fourth-order valence-electron chi connectivity index (χ4n) is 9.98. The number of fused-ring (bicyclic) bond motifs is 5. The van der Waals surface area contributed by atoms with Gasteiger partial charge in [0.05, 0.1) is 35.6 Å². The van der Waals surface area contributed by atoms with Crippen LogP contribution in [0.15, 0.2) is 71.8 Å². The highest BCUT2D eigenvalue weighted by Gasteiger charge is 2.78. The summed E-state index contributed by atoms with van der Waals surface area (Å²) >= 11 is 0. The molecule has 15 nitrogen and oxygen atoms in total. The first-order chi connectivity index (χ1) is 28.0. The Balaban J connectivity index is 1.51. The number of Topliss-reactive ketones (excluding diaryl/α,β-unsaturated/α-hetero) is 1. The van der Waals surface area contributed by atoms with E-state index in [-0.39, 0.29) is 36.3 Å². The zero-order valence-electron chi connectivity index (χ0n) is 35.6. The summed E-state index contributed by atoms with van der Waals surface area (Å²) in [6.45, 7) is 14.1. The molecular weight excluding hydrogens is 778 g/mol. The Hall–Kier alpha value is -4.67. The highest BCUT2D eigenvalue weighted by molar-refractivity contribution is 5.94. The van der Waals surface area contributed by atoms with Gasteiger partial charge in [0.25, 0.3) is 0 Å². The van der Waals surface area contributed by atoms with Gasteiger partial charge in [-0.3, -0.25) is 9.59 Å². The Labute approximate surface area is 349 Å². The van der Waals surface area contributed by atoms with Crippen LogP contribution in [0.2, 0.25) is 0 Å². The van der Waals surface area contributed by atoms with E-state index in [0.717, 1.165) is 0 Å². The number of benzene rings is 2. The molecule has 3 fully saturated rings. The highest BCUT2D eigenvalue weighted by atomic mass is 16.6. The van der Waals surface area contributed by atoms with E-state index in [0.29, 0.717) is 5.56 Å². The maximum atomic E-state index is 15.3. The molecule has 11 atom stereocenters. The lowest BCUT2D eigenvalue weighted by Crippen LogP contribution is -2.82. The van der Waals surface area contributed by atoms with Crippen molar-refractivity contribution in [1.29, 1.82) is 0 Å². The molecule has 0 spiro atoms. The number of amides is 1. The van der Waals surface area contributed by atoms with Crippen molar-refractivity contribution in [3.63, 3.8) is 0 Å². The molecule has 2 aromatic rings. The van der Waals surface area contributed by atoms with Crippen LogP contribution >= 0.6 is 0 Å². The largest absolute Gasteiger partial charge is 0.456 e. The second-order valence-corrected chi connectivity index (χ2v) is 18.0. The molecule has 1 amide bonds. The van der Waals surface area contributed by atoms with E-state index >= 15 is 4.79 Å². The van der Waals surface area contributed by atoms with Gasteiger partial charge in [0, 0.05) is 31.8 Å². The summed E-state index contributed by atoms with van der Waals surface area (Å²) in [5.41, 5.74) is -7.56. The Kier molecular flexibility index (Phi) is 12.2. The van der Waals surface area contributed by atoms with Gasteiger partial charge in [-0.15, -0.1) is 0 Å². The van der Waals surface area contributed by atoms with Crippen molar-refractivity contribution < 1.29 is 67.7 Å². The number of alkyl carbamates (subject to hydrolysis) is 1. The molecule has 326 valence electrons. The Bertz CT molecular complexity index is 2010. The van der Waals surface area contributed by atoms with E-state index in [9.17, 15) is 34.5 Å². The fourth-order valence-corrected chi connectivity index (χ4v) is 9.98. The first kappa shape index (κ1) is 44.9. The van der Waals surface area contributed by atoms with E-state index < -0.39 is 112 Å². The zero-order valence-corrected chi connectivity index (χ0v) is 35.6. The Morgan fingerprint density at radius 2 is 1.60 bits per heavy atom. The van der Waals surface area contributed by atoms with Crippen molar-refractivity contribution in [2.75, 3.05) is 13.2 Å². The smallest absolute Gasteiger partial charge is 0.408 e. The first-order valence-electron chi connectivity index (χ1n) is 20.3. The number of hydrogen-bond acceptors (Lipinski definition) is 14. The summed E-state index contributed by atoms with van der Waals surface area (Å²) in [5.74, 6) is -4.96. The van der Waals surface area contributed by atoms with Crippen LogP contribution in [-0.4, -0.2) is 112 Å². The van der Waals surface area contributed by atoms with Crippen LogP contribution in [0.3, 0.4) is 0 Å². The van der Waals surface area contributed by atoms with Crippen LogP contribution < -0.4 is 5.32 Å². The van der Waals surface area contributed by atoms with Crippen molar-refractivity contribution in [3.05, 3.63) is 82.9 Å². The van der Waals surface area contributed by atoms with Crippen molar-refractivity contribution in [2.45, 2.75) is 135 Å². The van der Waals surface area contributed by atoms with Gasteiger partial charge in [-0.1, -0.05) is 62.4 Å². The van der Waals surface area contributed by atoms with Gasteiger partial charge in [-0.2, -0.15) is 0 Å². The average Bonchev–Trinajstić information content (AvgIpc) is 3.17. The summed E-state index contributed by atoms with van der Waals surface area (Å²) in [5, 5.41) is 40.2. The second kappa shape index (κ2) is 16.3. The number of carbonyl (C=O) groups is 5. The SMILES string of the molecule is CCO[C@H]1C[C@H]2OC[C@@]2(OC(C)=O)[C@H]2[C@H](OC(=O)c3ccccc3)[C@]3(O)C[C@H](OC(=O)[C@H](O)C(NC(=O)OC(C)(C)C)c4ccccc4)C(C)=C([C@@H](O)C(=O)[C@]12C)C3(C)C. The van der Waals surface area contributed by atoms with Gasteiger partial charge < -0.3 is 49.1 Å². The molecular formula is C45H57NO14. The third kappa shape index (κ3) is 7.63. The third-order valence-electron chi connectivity index (χ3n) is 12.9. The summed E-state index contributed by atoms with van der Waals surface area (Å²) < 4.78 is 36.3. The summed E-state index contributed by atoms with van der Waals surface area (Å²) in [4.78, 5) is 69.7. The zero-order chi connectivity index (χ0) is 44.2. The molecule has 1 unspecified atom stereocenters. The summed E-state index contributed by atoms with van der Waals surface area (Å²) in [7, 11) is 0. The molecule has 4 N–H and O–H groups in total. The minimum atomic E-state index is -2.30. The molecule has 3 aliphatic carbocycles. The number of hydrogen-bond donors (Lipinski definition) is 4. The van der Waals surface area contributed by atoms with Gasteiger partial charge in [-0.05, 0) is 70.4 Å². The second-order valence-electron chi connectivity index (χ2n) is 18.0. The normalized spacial score (nSPS) is 33.0. The van der Waals surface area contributed by atoms with E-state index in [4.69, 9.17) is 28.4 Å². The lowest BCUT2D eigenvalue weighted by atomic mass is 9.44. The molecule has 2 bridgehead atoms. The van der Waals surface area contributed by atoms with Crippen molar-refractivity contribution >= 4 is 29.8 Å². The lowest BCUT2D eigenvalue weighted by Gasteiger charge is -2.67. The standard InChI is InChI=1S/C45H57NO14/c1-10-55-29-21-30-44(23-56-30,59-25(3)47)35-37(58-38(51)27-19-15-12-16-20-27)45(54)22-28(24(2)31(42(45,7)8)33(48)36(50)43(29,35)9)57-39(52)34(49)32(26-17-13-11-14-18-26)46-40(53)60-41(4,5)6/h11-20,28-30,32-35,37,48-49,54H,10,21-23H2,1-9H3,(H,46,53)/t28-,29-,30+,32?,33+,34+,35-,37-,43+,44-,45+/m0/s1. The fraction of sp³-hybridized carbons (Fsp3) is 0.578. The van der Waals surface area contributed by atoms with Gasteiger partial charge in [0.1, 0.15) is 35.6 Å². The van der Waals surface area contributed by atoms with Crippen molar-refractivity contribution in [1.82, 2.24) is 5.32 Å². The van der Waals surface area contributed by atoms with E-state index in [1.165, 1.54) is 19.1 Å². The number of esters is 3. The average molecular weight is 836 g/mol. The Morgan fingerprint density at radius 1 is 0.983 bits per heavy atom. The highest BCUT2D eigenvalue weighted by Crippen LogP contribution is 2.64. The number of rotatable bonds is 10. The van der Waals surface area contributed by atoms with Crippen LogP contribution in [0.5, 0.6) is 0 Å². The van der Waals surface area contributed by atoms with Gasteiger partial charge in [-0.25, -0.2) is 14.4 Å². The minimum absolute atomic E-state index is 0.00392. The van der Waals surface area contributed by atoms with Gasteiger partial charge in [0.15, 0.2) is 17.5 Å². The molecule has 4 aliphatic rings. The minimum Gasteiger partial charge on any atom is -0.456 e.